The van der Waals surface area contributed by atoms with E-state index in [1.807, 2.05) is 13.8 Å². The zero-order valence-electron chi connectivity index (χ0n) is 10.7. The van der Waals surface area contributed by atoms with Crippen LogP contribution >= 0.6 is 0 Å². The SMILES string of the molecule is CCC(C)[C@H](N)C(=O)NCC(=O)N1CCCC1. The van der Waals surface area contributed by atoms with Crippen molar-refractivity contribution in [2.75, 3.05) is 19.6 Å². The van der Waals surface area contributed by atoms with Crippen LogP contribution in [-0.2, 0) is 9.59 Å². The molecule has 0 aliphatic carbocycles. The Morgan fingerprint density at radius 3 is 2.47 bits per heavy atom. The maximum atomic E-state index is 11.7. The van der Waals surface area contributed by atoms with Gasteiger partial charge in [-0.25, -0.2) is 0 Å². The van der Waals surface area contributed by atoms with Crippen LogP contribution in [0.25, 0.3) is 0 Å². The van der Waals surface area contributed by atoms with E-state index in [4.69, 9.17) is 5.73 Å². The van der Waals surface area contributed by atoms with E-state index in [1.54, 1.807) is 4.90 Å². The Morgan fingerprint density at radius 1 is 1.35 bits per heavy atom. The van der Waals surface area contributed by atoms with Crippen LogP contribution < -0.4 is 11.1 Å². The minimum Gasteiger partial charge on any atom is -0.346 e. The molecule has 98 valence electrons. The molecule has 0 aromatic carbocycles. The number of amides is 2. The van der Waals surface area contributed by atoms with Crippen LogP contribution in [0.2, 0.25) is 0 Å². The summed E-state index contributed by atoms with van der Waals surface area (Å²) >= 11 is 0. The van der Waals surface area contributed by atoms with Gasteiger partial charge >= 0.3 is 0 Å². The van der Waals surface area contributed by atoms with Crippen molar-refractivity contribution in [1.29, 1.82) is 0 Å². The summed E-state index contributed by atoms with van der Waals surface area (Å²) in [6.07, 6.45) is 2.98. The maximum Gasteiger partial charge on any atom is 0.241 e. The van der Waals surface area contributed by atoms with E-state index >= 15 is 0 Å². The first kappa shape index (κ1) is 14.0. The highest BCUT2D eigenvalue weighted by Crippen LogP contribution is 2.07. The average molecular weight is 241 g/mol. The van der Waals surface area contributed by atoms with Gasteiger partial charge in [-0.05, 0) is 18.8 Å². The van der Waals surface area contributed by atoms with Crippen molar-refractivity contribution >= 4 is 11.8 Å². The van der Waals surface area contributed by atoms with Gasteiger partial charge in [0.25, 0.3) is 0 Å². The Hall–Kier alpha value is -1.10. The Bertz CT molecular complexity index is 275. The highest BCUT2D eigenvalue weighted by molar-refractivity contribution is 5.87. The lowest BCUT2D eigenvalue weighted by Gasteiger charge is -2.19. The number of nitrogens with zero attached hydrogens (tertiary/aromatic N) is 1. The predicted octanol–water partition coefficient (Wildman–Crippen LogP) is 0.0984. The normalized spacial score (nSPS) is 18.9. The lowest BCUT2D eigenvalue weighted by atomic mass is 9.99. The van der Waals surface area contributed by atoms with Crippen molar-refractivity contribution in [3.05, 3.63) is 0 Å². The molecule has 0 spiro atoms. The van der Waals surface area contributed by atoms with E-state index in [1.165, 1.54) is 0 Å². The van der Waals surface area contributed by atoms with Gasteiger partial charge in [0.1, 0.15) is 0 Å². The van der Waals surface area contributed by atoms with Crippen LogP contribution in [-0.4, -0.2) is 42.4 Å². The molecule has 17 heavy (non-hydrogen) atoms. The van der Waals surface area contributed by atoms with E-state index < -0.39 is 6.04 Å². The van der Waals surface area contributed by atoms with Crippen LogP contribution in [0.5, 0.6) is 0 Å². The monoisotopic (exact) mass is 241 g/mol. The molecule has 1 heterocycles. The number of hydrogen-bond donors (Lipinski definition) is 2. The molecular weight excluding hydrogens is 218 g/mol. The molecular formula is C12H23N3O2. The van der Waals surface area contributed by atoms with Gasteiger partial charge in [0.2, 0.25) is 11.8 Å². The first-order chi connectivity index (χ1) is 8.06. The maximum absolute atomic E-state index is 11.7. The molecule has 1 saturated heterocycles. The Morgan fingerprint density at radius 2 is 1.94 bits per heavy atom. The van der Waals surface area contributed by atoms with Gasteiger partial charge in [-0.1, -0.05) is 20.3 Å². The third kappa shape index (κ3) is 4.00. The lowest BCUT2D eigenvalue weighted by Crippen LogP contribution is -2.48. The third-order valence-electron chi connectivity index (χ3n) is 3.43. The molecule has 0 bridgehead atoms. The van der Waals surface area contributed by atoms with Crippen LogP contribution in [0.15, 0.2) is 0 Å². The summed E-state index contributed by atoms with van der Waals surface area (Å²) < 4.78 is 0. The highest BCUT2D eigenvalue weighted by atomic mass is 16.2. The molecule has 1 unspecified atom stereocenters. The summed E-state index contributed by atoms with van der Waals surface area (Å²) in [5.41, 5.74) is 5.77. The van der Waals surface area contributed by atoms with Crippen LogP contribution in [0, 0.1) is 5.92 Å². The van der Waals surface area contributed by atoms with Crippen LogP contribution in [0.1, 0.15) is 33.1 Å². The summed E-state index contributed by atoms with van der Waals surface area (Å²) in [7, 11) is 0. The fraction of sp³-hybridized carbons (Fsp3) is 0.833. The molecule has 0 radical (unpaired) electrons. The zero-order chi connectivity index (χ0) is 12.8. The molecule has 0 aromatic heterocycles. The average Bonchev–Trinajstić information content (AvgIpc) is 2.87. The first-order valence-corrected chi connectivity index (χ1v) is 6.37. The number of carbonyl (C=O) groups excluding carboxylic acids is 2. The van der Waals surface area contributed by atoms with Crippen molar-refractivity contribution in [2.45, 2.75) is 39.2 Å². The quantitative estimate of drug-likeness (QED) is 0.716. The third-order valence-corrected chi connectivity index (χ3v) is 3.43. The molecule has 1 aliphatic heterocycles. The molecule has 3 N–H and O–H groups in total. The van der Waals surface area contributed by atoms with Crippen molar-refractivity contribution < 1.29 is 9.59 Å². The number of nitrogens with one attached hydrogen (secondary N) is 1. The van der Waals surface area contributed by atoms with E-state index in [2.05, 4.69) is 5.32 Å². The van der Waals surface area contributed by atoms with E-state index in [0.29, 0.717) is 0 Å². The molecule has 2 atom stereocenters. The second-order valence-electron chi connectivity index (χ2n) is 4.72. The molecule has 1 rings (SSSR count). The Kier molecular flexibility index (Phi) is 5.41. The van der Waals surface area contributed by atoms with Crippen molar-refractivity contribution in [3.8, 4) is 0 Å². The van der Waals surface area contributed by atoms with Crippen LogP contribution in [0.3, 0.4) is 0 Å². The van der Waals surface area contributed by atoms with Gasteiger partial charge in [0.15, 0.2) is 0 Å². The van der Waals surface area contributed by atoms with Crippen molar-refractivity contribution in [1.82, 2.24) is 10.2 Å². The molecule has 1 fully saturated rings. The van der Waals surface area contributed by atoms with Gasteiger partial charge in [-0.3, -0.25) is 9.59 Å². The fourth-order valence-electron chi connectivity index (χ4n) is 1.87. The molecule has 1 aliphatic rings. The Balaban J connectivity index is 2.29. The number of nitrogens with two attached hydrogens (primary N) is 1. The van der Waals surface area contributed by atoms with Gasteiger partial charge in [-0.2, -0.15) is 0 Å². The standard InChI is InChI=1S/C12H23N3O2/c1-3-9(2)11(13)12(17)14-8-10(16)15-6-4-5-7-15/h9,11H,3-8,13H2,1-2H3,(H,14,17)/t9?,11-/m0/s1. The smallest absolute Gasteiger partial charge is 0.241 e. The first-order valence-electron chi connectivity index (χ1n) is 6.37. The molecule has 2 amide bonds. The van der Waals surface area contributed by atoms with Crippen molar-refractivity contribution in [2.24, 2.45) is 11.7 Å². The van der Waals surface area contributed by atoms with Gasteiger partial charge in [0.05, 0.1) is 12.6 Å². The summed E-state index contributed by atoms with van der Waals surface area (Å²) in [5, 5.41) is 2.62. The molecule has 0 saturated carbocycles. The molecule has 0 aromatic rings. The number of likely N-dealkylation sites (tertiary alicyclic amines) is 1. The fourth-order valence-corrected chi connectivity index (χ4v) is 1.87. The van der Waals surface area contributed by atoms with Gasteiger partial charge < -0.3 is 16.0 Å². The molecule has 5 nitrogen and oxygen atoms in total. The molecule has 5 heteroatoms. The highest BCUT2D eigenvalue weighted by Gasteiger charge is 2.22. The second-order valence-corrected chi connectivity index (χ2v) is 4.72. The minimum absolute atomic E-state index is 0.00722. The minimum atomic E-state index is -0.522. The zero-order valence-corrected chi connectivity index (χ0v) is 10.7. The predicted molar refractivity (Wildman–Crippen MR) is 66.3 cm³/mol. The number of rotatable bonds is 5. The van der Waals surface area contributed by atoms with Crippen molar-refractivity contribution in [3.63, 3.8) is 0 Å². The van der Waals surface area contributed by atoms with Gasteiger partial charge in [-0.15, -0.1) is 0 Å². The summed E-state index contributed by atoms with van der Waals surface area (Å²) in [5.74, 6) is -0.101. The van der Waals surface area contributed by atoms with E-state index in [-0.39, 0.29) is 24.3 Å². The summed E-state index contributed by atoms with van der Waals surface area (Å²) in [6.45, 7) is 5.63. The van der Waals surface area contributed by atoms with E-state index in [9.17, 15) is 9.59 Å². The summed E-state index contributed by atoms with van der Waals surface area (Å²) in [4.78, 5) is 25.1. The second kappa shape index (κ2) is 6.59. The Labute approximate surface area is 103 Å². The summed E-state index contributed by atoms with van der Waals surface area (Å²) in [6, 6.07) is -0.522. The van der Waals surface area contributed by atoms with E-state index in [0.717, 1.165) is 32.4 Å². The number of hydrogen-bond acceptors (Lipinski definition) is 3. The lowest BCUT2D eigenvalue weighted by molar-refractivity contribution is -0.132. The largest absolute Gasteiger partial charge is 0.346 e. The van der Waals surface area contributed by atoms with Crippen LogP contribution in [0.4, 0.5) is 0 Å². The number of carbonyl (C=O) groups is 2. The topological polar surface area (TPSA) is 75.4 Å². The van der Waals surface area contributed by atoms with Gasteiger partial charge in [0, 0.05) is 13.1 Å².